The predicted octanol–water partition coefficient (Wildman–Crippen LogP) is 4.08. The van der Waals surface area contributed by atoms with E-state index in [2.05, 4.69) is 0 Å². The number of ether oxygens (including phenoxy) is 3. The third-order valence-electron chi connectivity index (χ3n) is 3.82. The van der Waals surface area contributed by atoms with Crippen LogP contribution in [0.2, 0.25) is 5.02 Å². The van der Waals surface area contributed by atoms with Crippen molar-refractivity contribution >= 4 is 23.7 Å². The van der Waals surface area contributed by atoms with Gasteiger partial charge in [-0.3, -0.25) is 0 Å². The zero-order chi connectivity index (χ0) is 21.4. The molecule has 1 fully saturated rings. The van der Waals surface area contributed by atoms with Crippen molar-refractivity contribution in [3.05, 3.63) is 28.5 Å². The lowest BCUT2D eigenvalue weighted by Gasteiger charge is -2.35. The van der Waals surface area contributed by atoms with Gasteiger partial charge in [-0.05, 0) is 47.6 Å². The number of rotatable bonds is 4. The highest BCUT2D eigenvalue weighted by atomic mass is 35.5. The van der Waals surface area contributed by atoms with Crippen LogP contribution in [-0.4, -0.2) is 51.5 Å². The lowest BCUT2D eigenvalue weighted by atomic mass is 10.2. The first kappa shape index (κ1) is 22.2. The van der Waals surface area contributed by atoms with Gasteiger partial charge in [0, 0.05) is 6.07 Å². The summed E-state index contributed by atoms with van der Waals surface area (Å²) in [6, 6.07) is 1.85. The number of carbonyl (C=O) groups is 2. The van der Waals surface area contributed by atoms with Crippen LogP contribution in [0, 0.1) is 5.82 Å². The lowest BCUT2D eigenvalue weighted by Crippen LogP contribution is -2.53. The molecule has 1 aliphatic rings. The molecule has 2 rings (SSSR count). The van der Waals surface area contributed by atoms with Crippen LogP contribution in [0.25, 0.3) is 0 Å². The molecule has 1 N–H and O–H groups in total. The van der Waals surface area contributed by atoms with Gasteiger partial charge in [-0.1, -0.05) is 11.6 Å². The zero-order valence-corrected chi connectivity index (χ0v) is 17.3. The van der Waals surface area contributed by atoms with Crippen molar-refractivity contribution in [3.8, 4) is 5.75 Å². The molecule has 0 bridgehead atoms. The van der Waals surface area contributed by atoms with Crippen LogP contribution in [0.3, 0.4) is 0 Å². The second-order valence-electron chi connectivity index (χ2n) is 7.74. The van der Waals surface area contributed by atoms with E-state index in [-0.39, 0.29) is 23.1 Å². The van der Waals surface area contributed by atoms with Gasteiger partial charge in [0.05, 0.1) is 10.6 Å². The van der Waals surface area contributed by atoms with Crippen LogP contribution in [-0.2, 0) is 9.47 Å². The molecule has 1 heterocycles. The minimum atomic E-state index is -1.35. The third-order valence-corrected chi connectivity index (χ3v) is 4.13. The summed E-state index contributed by atoms with van der Waals surface area (Å²) < 4.78 is 30.8. The second-order valence-corrected chi connectivity index (χ2v) is 8.14. The number of hydrazine groups is 1. The smallest absolute Gasteiger partial charge is 0.427 e. The molecule has 1 aromatic rings. The molecule has 1 atom stereocenters. The number of carboxylic acids is 1. The van der Waals surface area contributed by atoms with E-state index in [0.29, 0.717) is 0 Å². The zero-order valence-electron chi connectivity index (χ0n) is 16.6. The Balaban J connectivity index is 2.22. The number of nitrogens with zero attached hydrogens (tertiary/aromatic N) is 2. The first-order chi connectivity index (χ1) is 12.7. The van der Waals surface area contributed by atoms with Gasteiger partial charge in [0.25, 0.3) is 0 Å². The van der Waals surface area contributed by atoms with Crippen molar-refractivity contribution < 1.29 is 33.3 Å². The molecule has 0 aliphatic carbocycles. The Morgan fingerprint density at radius 2 is 1.96 bits per heavy atom. The summed E-state index contributed by atoms with van der Waals surface area (Å²) in [4.78, 5) is 23.7. The van der Waals surface area contributed by atoms with E-state index in [1.165, 1.54) is 10.0 Å². The van der Waals surface area contributed by atoms with Crippen molar-refractivity contribution in [1.82, 2.24) is 10.0 Å². The normalized spacial score (nSPS) is 19.6. The highest BCUT2D eigenvalue weighted by molar-refractivity contribution is 6.33. The number of halogens is 2. The van der Waals surface area contributed by atoms with Gasteiger partial charge in [0.15, 0.2) is 24.0 Å². The predicted molar refractivity (Wildman–Crippen MR) is 98.4 cm³/mol. The van der Waals surface area contributed by atoms with Crippen molar-refractivity contribution in [1.29, 1.82) is 0 Å². The Bertz CT molecular complexity index is 780. The van der Waals surface area contributed by atoms with Crippen LogP contribution in [0.5, 0.6) is 5.75 Å². The molecule has 0 spiro atoms. The Kier molecular flexibility index (Phi) is 6.13. The van der Waals surface area contributed by atoms with E-state index in [9.17, 15) is 14.0 Å². The summed E-state index contributed by atoms with van der Waals surface area (Å²) in [7, 11) is 0. The Labute approximate surface area is 167 Å². The maximum Gasteiger partial charge on any atom is 0.427 e. The van der Waals surface area contributed by atoms with Gasteiger partial charge in [-0.25, -0.2) is 19.0 Å². The fourth-order valence-corrected chi connectivity index (χ4v) is 2.97. The van der Waals surface area contributed by atoms with Crippen molar-refractivity contribution in [2.45, 2.75) is 59.1 Å². The standard InChI is InChI=1S/C18H24ClFN2O6/c1-10-21(22(18(5,6)27-10)16(25)28-17(2,3)4)9-26-14-8-12(19)11(15(23)24)7-13(14)20/h7-8,10H,9H2,1-6H3,(H,23,24). The summed E-state index contributed by atoms with van der Waals surface area (Å²) in [6.45, 7) is 10.0. The summed E-state index contributed by atoms with van der Waals surface area (Å²) in [5.41, 5.74) is -2.12. The summed E-state index contributed by atoms with van der Waals surface area (Å²) in [5, 5.41) is 11.5. The SMILES string of the molecule is CC1OC(C)(C)N(C(=O)OC(C)(C)C)N1COc1cc(Cl)c(C(=O)O)cc1F. The van der Waals surface area contributed by atoms with Crippen LogP contribution in [0.1, 0.15) is 51.9 Å². The van der Waals surface area contributed by atoms with E-state index in [1.807, 2.05) is 0 Å². The average molecular weight is 419 g/mol. The van der Waals surface area contributed by atoms with Crippen molar-refractivity contribution in [2.24, 2.45) is 0 Å². The van der Waals surface area contributed by atoms with Crippen LogP contribution < -0.4 is 4.74 Å². The molecular formula is C18H24ClFN2O6. The first-order valence-electron chi connectivity index (χ1n) is 8.55. The Morgan fingerprint density at radius 1 is 1.36 bits per heavy atom. The number of aromatic carboxylic acids is 1. The molecule has 1 aliphatic heterocycles. The number of amides is 1. The van der Waals surface area contributed by atoms with Crippen molar-refractivity contribution in [2.75, 3.05) is 6.73 Å². The molecule has 156 valence electrons. The molecular weight excluding hydrogens is 395 g/mol. The number of carbonyl (C=O) groups excluding carboxylic acids is 1. The maximum atomic E-state index is 14.2. The van der Waals surface area contributed by atoms with Gasteiger partial charge in [-0.15, -0.1) is 5.01 Å². The van der Waals surface area contributed by atoms with Gasteiger partial charge in [-0.2, -0.15) is 0 Å². The molecule has 1 unspecified atom stereocenters. The average Bonchev–Trinajstić information content (AvgIpc) is 2.74. The monoisotopic (exact) mass is 418 g/mol. The fraction of sp³-hybridized carbons (Fsp3) is 0.556. The van der Waals surface area contributed by atoms with E-state index in [0.717, 1.165) is 12.1 Å². The molecule has 10 heteroatoms. The number of hydrogen-bond acceptors (Lipinski definition) is 6. The maximum absolute atomic E-state index is 14.2. The van der Waals surface area contributed by atoms with Crippen LogP contribution in [0.15, 0.2) is 12.1 Å². The number of hydrogen-bond donors (Lipinski definition) is 1. The first-order valence-corrected chi connectivity index (χ1v) is 8.93. The van der Waals surface area contributed by atoms with E-state index < -0.39 is 35.4 Å². The van der Waals surface area contributed by atoms with Crippen LogP contribution in [0.4, 0.5) is 9.18 Å². The molecule has 0 saturated carbocycles. The van der Waals surface area contributed by atoms with E-state index >= 15 is 0 Å². The summed E-state index contributed by atoms with van der Waals surface area (Å²) in [5.74, 6) is -2.50. The van der Waals surface area contributed by atoms with Gasteiger partial charge in [0.1, 0.15) is 11.8 Å². The second kappa shape index (κ2) is 7.73. The Morgan fingerprint density at radius 3 is 2.50 bits per heavy atom. The highest BCUT2D eigenvalue weighted by Gasteiger charge is 2.49. The fourth-order valence-electron chi connectivity index (χ4n) is 2.73. The lowest BCUT2D eigenvalue weighted by molar-refractivity contribution is -0.102. The van der Waals surface area contributed by atoms with E-state index in [4.69, 9.17) is 30.9 Å². The topological polar surface area (TPSA) is 88.5 Å². The van der Waals surface area contributed by atoms with E-state index in [1.54, 1.807) is 41.5 Å². The Hall–Kier alpha value is -2.10. The molecule has 0 aromatic heterocycles. The molecule has 28 heavy (non-hydrogen) atoms. The molecule has 8 nitrogen and oxygen atoms in total. The minimum absolute atomic E-state index is 0.168. The molecule has 1 aromatic carbocycles. The minimum Gasteiger partial charge on any atom is -0.478 e. The highest BCUT2D eigenvalue weighted by Crippen LogP contribution is 2.33. The van der Waals surface area contributed by atoms with Crippen LogP contribution >= 0.6 is 11.6 Å². The van der Waals surface area contributed by atoms with Gasteiger partial charge < -0.3 is 19.3 Å². The van der Waals surface area contributed by atoms with Gasteiger partial charge >= 0.3 is 12.1 Å². The molecule has 1 amide bonds. The largest absolute Gasteiger partial charge is 0.478 e. The number of benzene rings is 1. The van der Waals surface area contributed by atoms with Gasteiger partial charge in [0.2, 0.25) is 0 Å². The number of carboxylic acid groups (broad SMARTS) is 1. The molecule has 0 radical (unpaired) electrons. The van der Waals surface area contributed by atoms with Crippen molar-refractivity contribution in [3.63, 3.8) is 0 Å². The quantitative estimate of drug-likeness (QED) is 0.787. The summed E-state index contributed by atoms with van der Waals surface area (Å²) in [6.07, 6.45) is -1.22. The third kappa shape index (κ3) is 4.84. The summed E-state index contributed by atoms with van der Waals surface area (Å²) >= 11 is 5.87. The molecule has 1 saturated heterocycles.